The Morgan fingerprint density at radius 2 is 2.00 bits per heavy atom. The third-order valence-corrected chi connectivity index (χ3v) is 4.97. The third kappa shape index (κ3) is 5.26. The molecule has 0 radical (unpaired) electrons. The van der Waals surface area contributed by atoms with Gasteiger partial charge in [-0.2, -0.15) is 0 Å². The molecule has 2 fully saturated rings. The van der Waals surface area contributed by atoms with E-state index < -0.39 is 0 Å². The van der Waals surface area contributed by atoms with Crippen LogP contribution in [-0.4, -0.2) is 49.2 Å². The molecule has 0 aromatic rings. The summed E-state index contributed by atoms with van der Waals surface area (Å²) >= 11 is 0. The second-order valence-corrected chi connectivity index (χ2v) is 7.01. The maximum absolute atomic E-state index is 12.4. The predicted molar refractivity (Wildman–Crippen MR) is 85.2 cm³/mol. The number of nitrogens with zero attached hydrogens (tertiary/aromatic N) is 1. The number of carbonyl (C=O) groups excluding carboxylic acids is 1. The van der Waals surface area contributed by atoms with Gasteiger partial charge < -0.3 is 15.0 Å². The van der Waals surface area contributed by atoms with Gasteiger partial charge >= 0.3 is 0 Å². The maximum Gasteiger partial charge on any atom is 0.249 e. The van der Waals surface area contributed by atoms with Crippen LogP contribution >= 0.6 is 0 Å². The molecular formula is C17H32N2O2. The molecule has 1 amide bonds. The van der Waals surface area contributed by atoms with E-state index in [9.17, 15) is 4.79 Å². The zero-order chi connectivity index (χ0) is 15.2. The summed E-state index contributed by atoms with van der Waals surface area (Å²) in [7, 11) is 2.14. The molecule has 1 saturated heterocycles. The number of amides is 1. The van der Waals surface area contributed by atoms with Crippen molar-refractivity contribution in [3.63, 3.8) is 0 Å². The lowest BCUT2D eigenvalue weighted by Crippen LogP contribution is -2.48. The van der Waals surface area contributed by atoms with Crippen LogP contribution < -0.4 is 5.32 Å². The summed E-state index contributed by atoms with van der Waals surface area (Å²) in [6.07, 6.45) is 7.65. The second kappa shape index (κ2) is 8.14. The van der Waals surface area contributed by atoms with E-state index in [-0.39, 0.29) is 18.1 Å². The van der Waals surface area contributed by atoms with Crippen LogP contribution in [-0.2, 0) is 9.53 Å². The van der Waals surface area contributed by atoms with Gasteiger partial charge in [-0.3, -0.25) is 4.79 Å². The van der Waals surface area contributed by atoms with Crippen molar-refractivity contribution in [1.82, 2.24) is 10.2 Å². The van der Waals surface area contributed by atoms with Crippen LogP contribution in [0.3, 0.4) is 0 Å². The van der Waals surface area contributed by atoms with Crippen molar-refractivity contribution < 1.29 is 9.53 Å². The summed E-state index contributed by atoms with van der Waals surface area (Å²) in [5.74, 6) is 0.837. The van der Waals surface area contributed by atoms with Crippen molar-refractivity contribution in [3.8, 4) is 0 Å². The highest BCUT2D eigenvalue weighted by atomic mass is 16.5. The highest BCUT2D eigenvalue weighted by Gasteiger charge is 2.27. The number of likely N-dealkylation sites (tertiary alicyclic amines) is 1. The summed E-state index contributed by atoms with van der Waals surface area (Å²) < 4.78 is 6.11. The number of rotatable bonds is 5. The SMILES string of the molecule is CC[C@H](O[C@@H]1CCC[C@@H](C)C1)C(=O)NC1CCN(C)CC1. The fourth-order valence-electron chi connectivity index (χ4n) is 3.52. The van der Waals surface area contributed by atoms with E-state index >= 15 is 0 Å². The van der Waals surface area contributed by atoms with Gasteiger partial charge in [0.25, 0.3) is 0 Å². The minimum absolute atomic E-state index is 0.102. The van der Waals surface area contributed by atoms with Crippen LogP contribution in [0.4, 0.5) is 0 Å². The van der Waals surface area contributed by atoms with Crippen LogP contribution in [0.1, 0.15) is 58.8 Å². The Morgan fingerprint density at radius 3 is 2.62 bits per heavy atom. The highest BCUT2D eigenvalue weighted by Crippen LogP contribution is 2.27. The van der Waals surface area contributed by atoms with Crippen molar-refractivity contribution in [2.75, 3.05) is 20.1 Å². The normalized spacial score (nSPS) is 30.0. The average Bonchev–Trinajstić information content (AvgIpc) is 2.47. The Labute approximate surface area is 129 Å². The fourth-order valence-corrected chi connectivity index (χ4v) is 3.52. The number of hydrogen-bond acceptors (Lipinski definition) is 3. The number of ether oxygens (including phenoxy) is 1. The van der Waals surface area contributed by atoms with Crippen molar-refractivity contribution >= 4 is 5.91 Å². The monoisotopic (exact) mass is 296 g/mol. The first-order valence-electron chi connectivity index (χ1n) is 8.72. The zero-order valence-corrected chi connectivity index (χ0v) is 13.9. The Bertz CT molecular complexity index is 327. The van der Waals surface area contributed by atoms with Crippen molar-refractivity contribution in [2.45, 2.75) is 77.0 Å². The van der Waals surface area contributed by atoms with E-state index in [1.54, 1.807) is 0 Å². The number of piperidine rings is 1. The molecule has 0 spiro atoms. The third-order valence-electron chi connectivity index (χ3n) is 4.97. The zero-order valence-electron chi connectivity index (χ0n) is 13.9. The molecule has 2 rings (SSSR count). The summed E-state index contributed by atoms with van der Waals surface area (Å²) in [5.41, 5.74) is 0. The minimum Gasteiger partial charge on any atom is -0.365 e. The molecule has 21 heavy (non-hydrogen) atoms. The summed E-state index contributed by atoms with van der Waals surface area (Å²) in [4.78, 5) is 14.7. The number of hydrogen-bond donors (Lipinski definition) is 1. The van der Waals surface area contributed by atoms with E-state index in [4.69, 9.17) is 4.74 Å². The Balaban J connectivity index is 1.78. The van der Waals surface area contributed by atoms with Crippen molar-refractivity contribution in [3.05, 3.63) is 0 Å². The van der Waals surface area contributed by atoms with E-state index in [0.717, 1.165) is 51.1 Å². The molecule has 2 aliphatic rings. The van der Waals surface area contributed by atoms with Gasteiger partial charge in [-0.1, -0.05) is 26.7 Å². The van der Waals surface area contributed by atoms with Gasteiger partial charge in [-0.25, -0.2) is 0 Å². The largest absolute Gasteiger partial charge is 0.365 e. The van der Waals surface area contributed by atoms with E-state index in [1.165, 1.54) is 12.8 Å². The van der Waals surface area contributed by atoms with Crippen molar-refractivity contribution in [1.29, 1.82) is 0 Å². The molecule has 3 atom stereocenters. The molecule has 0 aromatic heterocycles. The molecule has 1 N–H and O–H groups in total. The molecular weight excluding hydrogens is 264 g/mol. The average molecular weight is 296 g/mol. The smallest absolute Gasteiger partial charge is 0.249 e. The van der Waals surface area contributed by atoms with Crippen LogP contribution in [0.2, 0.25) is 0 Å². The Hall–Kier alpha value is -0.610. The maximum atomic E-state index is 12.4. The minimum atomic E-state index is -0.264. The van der Waals surface area contributed by atoms with Gasteiger partial charge in [-0.05, 0) is 58.2 Å². The molecule has 0 bridgehead atoms. The fraction of sp³-hybridized carbons (Fsp3) is 0.941. The Kier molecular flexibility index (Phi) is 6.49. The van der Waals surface area contributed by atoms with Crippen LogP contribution in [0.15, 0.2) is 0 Å². The molecule has 0 aromatic carbocycles. The first-order chi connectivity index (χ1) is 10.1. The second-order valence-electron chi connectivity index (χ2n) is 7.01. The van der Waals surface area contributed by atoms with Crippen LogP contribution in [0, 0.1) is 5.92 Å². The molecule has 4 heteroatoms. The predicted octanol–water partition coefficient (Wildman–Crippen LogP) is 2.57. The van der Waals surface area contributed by atoms with E-state index in [2.05, 4.69) is 24.2 Å². The molecule has 1 aliphatic carbocycles. The molecule has 4 nitrogen and oxygen atoms in total. The van der Waals surface area contributed by atoms with E-state index in [0.29, 0.717) is 6.04 Å². The topological polar surface area (TPSA) is 41.6 Å². The van der Waals surface area contributed by atoms with Crippen molar-refractivity contribution in [2.24, 2.45) is 5.92 Å². The van der Waals surface area contributed by atoms with Crippen LogP contribution in [0.5, 0.6) is 0 Å². The van der Waals surface area contributed by atoms with E-state index in [1.807, 2.05) is 6.92 Å². The molecule has 122 valence electrons. The van der Waals surface area contributed by atoms with Gasteiger partial charge in [0.1, 0.15) is 6.10 Å². The van der Waals surface area contributed by atoms with Gasteiger partial charge in [0.2, 0.25) is 5.91 Å². The summed E-state index contributed by atoms with van der Waals surface area (Å²) in [6, 6.07) is 0.330. The Morgan fingerprint density at radius 1 is 1.29 bits per heavy atom. The quantitative estimate of drug-likeness (QED) is 0.848. The van der Waals surface area contributed by atoms with Crippen LogP contribution in [0.25, 0.3) is 0 Å². The first-order valence-corrected chi connectivity index (χ1v) is 8.72. The number of carbonyl (C=O) groups is 1. The van der Waals surface area contributed by atoms with Gasteiger partial charge in [0.15, 0.2) is 0 Å². The lowest BCUT2D eigenvalue weighted by Gasteiger charge is -2.32. The highest BCUT2D eigenvalue weighted by molar-refractivity contribution is 5.81. The summed E-state index contributed by atoms with van der Waals surface area (Å²) in [6.45, 7) is 6.48. The lowest BCUT2D eigenvalue weighted by molar-refractivity contribution is -0.140. The number of nitrogens with one attached hydrogen (secondary N) is 1. The molecule has 0 unspecified atom stereocenters. The van der Waals surface area contributed by atoms with Gasteiger partial charge in [0.05, 0.1) is 6.10 Å². The van der Waals surface area contributed by atoms with Gasteiger partial charge in [-0.15, -0.1) is 0 Å². The molecule has 1 heterocycles. The molecule has 1 aliphatic heterocycles. The standard InChI is InChI=1S/C17H32N2O2/c1-4-16(21-15-7-5-6-13(2)12-15)17(20)18-14-8-10-19(3)11-9-14/h13-16H,4-12H2,1-3H3,(H,18,20)/t13-,15-,16+/m1/s1. The van der Waals surface area contributed by atoms with Gasteiger partial charge in [0, 0.05) is 6.04 Å². The molecule has 1 saturated carbocycles. The summed E-state index contributed by atoms with van der Waals surface area (Å²) in [5, 5.41) is 3.20. The first kappa shape index (κ1) is 16.8. The lowest BCUT2D eigenvalue weighted by atomic mass is 9.88.